The highest BCUT2D eigenvalue weighted by Crippen LogP contribution is 2.29. The lowest BCUT2D eigenvalue weighted by atomic mass is 10.2. The van der Waals surface area contributed by atoms with Crippen molar-refractivity contribution in [2.24, 2.45) is 10.2 Å². The number of morpholine rings is 1. The lowest BCUT2D eigenvalue weighted by molar-refractivity contribution is 0.122. The first-order valence-electron chi connectivity index (χ1n) is 11.8. The molecule has 3 aromatic rings. The Morgan fingerprint density at radius 1 is 1.17 bits per heavy atom. The van der Waals surface area contributed by atoms with E-state index < -0.39 is 5.82 Å². The van der Waals surface area contributed by atoms with Crippen LogP contribution in [0.2, 0.25) is 5.02 Å². The lowest BCUT2D eigenvalue weighted by Crippen LogP contribution is -2.37. The van der Waals surface area contributed by atoms with Gasteiger partial charge in [0, 0.05) is 36.4 Å². The lowest BCUT2D eigenvalue weighted by Gasteiger charge is -2.27. The van der Waals surface area contributed by atoms with Gasteiger partial charge in [-0.1, -0.05) is 11.6 Å². The Kier molecular flexibility index (Phi) is 7.49. The second kappa shape index (κ2) is 11.1. The van der Waals surface area contributed by atoms with Gasteiger partial charge in [-0.3, -0.25) is 4.98 Å². The molecular formula is C24H27ClFN9O. The number of aromatic nitrogens is 3. The number of hydrazine groups is 1. The van der Waals surface area contributed by atoms with Crippen molar-refractivity contribution in [2.75, 3.05) is 48.1 Å². The van der Waals surface area contributed by atoms with E-state index in [1.54, 1.807) is 6.20 Å². The van der Waals surface area contributed by atoms with Crippen molar-refractivity contribution in [3.63, 3.8) is 0 Å². The summed E-state index contributed by atoms with van der Waals surface area (Å²) in [6.45, 7) is 5.57. The first-order chi connectivity index (χ1) is 17.5. The summed E-state index contributed by atoms with van der Waals surface area (Å²) in [5.41, 5.74) is 6.81. The average Bonchev–Trinajstić information content (AvgIpc) is 3.32. The summed E-state index contributed by atoms with van der Waals surface area (Å²) in [6.07, 6.45) is 3.93. The number of azo groups is 1. The molecule has 2 aliphatic rings. The molecular weight excluding hydrogens is 485 g/mol. The molecule has 0 aliphatic carbocycles. The largest absolute Gasteiger partial charge is 0.378 e. The molecule has 2 saturated heterocycles. The molecule has 12 heteroatoms. The van der Waals surface area contributed by atoms with Gasteiger partial charge in [0.25, 0.3) is 5.95 Å². The molecule has 2 aliphatic heterocycles. The number of anilines is 4. The summed E-state index contributed by atoms with van der Waals surface area (Å²) in [5, 5.41) is 14.3. The Hall–Kier alpha value is -3.41. The average molecular weight is 512 g/mol. The molecule has 0 amide bonds. The van der Waals surface area contributed by atoms with Crippen LogP contribution >= 0.6 is 11.6 Å². The molecule has 36 heavy (non-hydrogen) atoms. The number of nitrogens with one attached hydrogen (secondary N) is 2. The molecule has 188 valence electrons. The molecule has 10 nitrogen and oxygen atoms in total. The molecule has 1 aromatic carbocycles. The third-order valence-electron chi connectivity index (χ3n) is 5.98. The van der Waals surface area contributed by atoms with Crippen molar-refractivity contribution in [2.45, 2.75) is 25.9 Å². The number of rotatable bonds is 7. The molecule has 0 bridgehead atoms. The minimum atomic E-state index is -0.487. The molecule has 2 fully saturated rings. The zero-order valence-electron chi connectivity index (χ0n) is 19.9. The van der Waals surface area contributed by atoms with Crippen molar-refractivity contribution >= 4 is 40.4 Å². The summed E-state index contributed by atoms with van der Waals surface area (Å²) in [7, 11) is 0. The maximum atomic E-state index is 14.2. The van der Waals surface area contributed by atoms with Gasteiger partial charge in [0.15, 0.2) is 11.6 Å². The Morgan fingerprint density at radius 2 is 2.03 bits per heavy atom. The SMILES string of the molecule is CC1CCNN1c1cc(Cl)cc(Nc2ccc(CN=Nc3ncc(F)c(N4CCOCC4)n3)nc2)c1. The fraction of sp³-hybridized carbons (Fsp3) is 0.375. The summed E-state index contributed by atoms with van der Waals surface area (Å²) in [6, 6.07) is 10.1. The first kappa shape index (κ1) is 24.3. The standard InChI is InChI=1S/C24H27ClFN9O/c1-16-4-5-30-35(16)21-11-17(25)10-20(12-21)31-19-3-2-18(27-13-19)14-29-33-24-28-15-22(26)23(32-24)34-6-8-36-9-7-34/h2-3,10-13,15-16,30-31H,4-9,14H2,1H3. The zero-order chi connectivity index (χ0) is 24.9. The van der Waals surface area contributed by atoms with E-state index in [-0.39, 0.29) is 18.3 Å². The van der Waals surface area contributed by atoms with Crippen LogP contribution in [-0.2, 0) is 11.3 Å². The minimum absolute atomic E-state index is 0.106. The van der Waals surface area contributed by atoms with E-state index in [0.717, 1.165) is 41.9 Å². The van der Waals surface area contributed by atoms with E-state index in [2.05, 4.69) is 53.9 Å². The van der Waals surface area contributed by atoms with Gasteiger partial charge in [-0.2, -0.15) is 10.1 Å². The van der Waals surface area contributed by atoms with E-state index in [1.165, 1.54) is 0 Å². The molecule has 0 saturated carbocycles. The highest BCUT2D eigenvalue weighted by atomic mass is 35.5. The third kappa shape index (κ3) is 5.86. The van der Waals surface area contributed by atoms with Gasteiger partial charge in [0.05, 0.1) is 42.7 Å². The zero-order valence-corrected chi connectivity index (χ0v) is 20.6. The predicted octanol–water partition coefficient (Wildman–Crippen LogP) is 4.63. The number of halogens is 2. The molecule has 2 N–H and O–H groups in total. The van der Waals surface area contributed by atoms with E-state index in [4.69, 9.17) is 16.3 Å². The van der Waals surface area contributed by atoms with Gasteiger partial charge >= 0.3 is 0 Å². The van der Waals surface area contributed by atoms with Gasteiger partial charge in [-0.15, -0.1) is 5.11 Å². The number of benzene rings is 1. The highest BCUT2D eigenvalue weighted by Gasteiger charge is 2.21. The van der Waals surface area contributed by atoms with Gasteiger partial charge in [-0.25, -0.2) is 14.8 Å². The van der Waals surface area contributed by atoms with Crippen molar-refractivity contribution < 1.29 is 9.13 Å². The maximum Gasteiger partial charge on any atom is 0.270 e. The normalized spacial score (nSPS) is 18.2. The van der Waals surface area contributed by atoms with E-state index in [1.807, 2.05) is 29.2 Å². The minimum Gasteiger partial charge on any atom is -0.378 e. The topological polar surface area (TPSA) is 103 Å². The van der Waals surface area contributed by atoms with Crippen molar-refractivity contribution in [1.29, 1.82) is 0 Å². The smallest absolute Gasteiger partial charge is 0.270 e. The summed E-state index contributed by atoms with van der Waals surface area (Å²) >= 11 is 6.37. The van der Waals surface area contributed by atoms with Crippen LogP contribution in [0.3, 0.4) is 0 Å². The van der Waals surface area contributed by atoms with Crippen LogP contribution < -0.4 is 20.7 Å². The highest BCUT2D eigenvalue weighted by molar-refractivity contribution is 6.31. The number of hydrogen-bond donors (Lipinski definition) is 2. The summed E-state index contributed by atoms with van der Waals surface area (Å²) in [4.78, 5) is 14.4. The van der Waals surface area contributed by atoms with Crippen LogP contribution in [0, 0.1) is 5.82 Å². The van der Waals surface area contributed by atoms with Crippen molar-refractivity contribution in [3.05, 3.63) is 59.3 Å². The molecule has 1 atom stereocenters. The van der Waals surface area contributed by atoms with Gasteiger partial charge < -0.3 is 20.0 Å². The van der Waals surface area contributed by atoms with E-state index >= 15 is 0 Å². The third-order valence-corrected chi connectivity index (χ3v) is 6.19. The Bertz CT molecular complexity index is 1220. The fourth-order valence-electron chi connectivity index (χ4n) is 4.13. The quantitative estimate of drug-likeness (QED) is 0.442. The Balaban J connectivity index is 1.21. The van der Waals surface area contributed by atoms with Crippen LogP contribution in [-0.4, -0.2) is 53.8 Å². The van der Waals surface area contributed by atoms with Crippen LogP contribution in [0.5, 0.6) is 0 Å². The van der Waals surface area contributed by atoms with Gasteiger partial charge in [0.2, 0.25) is 0 Å². The summed E-state index contributed by atoms with van der Waals surface area (Å²) in [5.74, 6) is -0.164. The first-order valence-corrected chi connectivity index (χ1v) is 12.2. The number of ether oxygens (including phenoxy) is 1. The van der Waals surface area contributed by atoms with E-state index in [0.29, 0.717) is 37.4 Å². The number of pyridine rings is 1. The molecule has 1 unspecified atom stereocenters. The second-order valence-corrected chi connectivity index (χ2v) is 9.05. The molecule has 5 rings (SSSR count). The summed E-state index contributed by atoms with van der Waals surface area (Å²) < 4.78 is 19.5. The molecule has 4 heterocycles. The van der Waals surface area contributed by atoms with Crippen molar-refractivity contribution in [3.8, 4) is 0 Å². The predicted molar refractivity (Wildman–Crippen MR) is 137 cm³/mol. The number of hydrogen-bond acceptors (Lipinski definition) is 10. The van der Waals surface area contributed by atoms with Crippen molar-refractivity contribution in [1.82, 2.24) is 20.4 Å². The van der Waals surface area contributed by atoms with Gasteiger partial charge in [-0.05, 0) is 43.7 Å². The molecule has 0 radical (unpaired) electrons. The van der Waals surface area contributed by atoms with Gasteiger partial charge in [0.1, 0.15) is 6.54 Å². The molecule has 2 aromatic heterocycles. The van der Waals surface area contributed by atoms with Crippen LogP contribution in [0.4, 0.5) is 33.2 Å². The molecule has 0 spiro atoms. The Labute approximate surface area is 213 Å². The van der Waals surface area contributed by atoms with E-state index in [9.17, 15) is 4.39 Å². The van der Waals surface area contributed by atoms with Crippen LogP contribution in [0.25, 0.3) is 0 Å². The second-order valence-electron chi connectivity index (χ2n) is 8.62. The fourth-order valence-corrected chi connectivity index (χ4v) is 4.36. The monoisotopic (exact) mass is 511 g/mol. The van der Waals surface area contributed by atoms with Crippen LogP contribution in [0.1, 0.15) is 19.0 Å². The Morgan fingerprint density at radius 3 is 2.78 bits per heavy atom. The number of nitrogens with zero attached hydrogens (tertiary/aromatic N) is 7. The van der Waals surface area contributed by atoms with Crippen LogP contribution in [0.15, 0.2) is 53.0 Å². The maximum absolute atomic E-state index is 14.2.